The Morgan fingerprint density at radius 3 is 2.74 bits per heavy atom. The van der Waals surface area contributed by atoms with Gasteiger partial charge in [0.1, 0.15) is 15.5 Å². The number of para-hydroxylation sites is 1. The number of carbonyl (C=O) groups excluding carboxylic acids is 1. The number of non-ortho nitro benzene ring substituents is 1. The minimum Gasteiger partial charge on any atom is -0.422 e. The van der Waals surface area contributed by atoms with E-state index in [1.54, 1.807) is 30.3 Å². The minimum atomic E-state index is -0.697. The molecule has 0 aliphatic rings. The average Bonchev–Trinajstić information content (AvgIpc) is 2.65. The number of rotatable bonds is 5. The summed E-state index contributed by atoms with van der Waals surface area (Å²) in [5, 5.41) is 14.3. The van der Waals surface area contributed by atoms with Gasteiger partial charge < -0.3 is 9.73 Å². The molecule has 1 heterocycles. The first kappa shape index (κ1) is 18.7. The molecule has 2 aromatic carbocycles. The number of hydrogen-bond donors (Lipinski definition) is 1. The van der Waals surface area contributed by atoms with Crippen molar-refractivity contribution in [1.82, 2.24) is 0 Å². The van der Waals surface area contributed by atoms with E-state index in [4.69, 9.17) is 16.6 Å². The Labute approximate surface area is 162 Å². The van der Waals surface area contributed by atoms with Gasteiger partial charge in [-0.1, -0.05) is 48.2 Å². The topological polar surface area (TPSA) is 102 Å². The number of nitro groups is 1. The number of thiocarbonyl (C=S) groups is 1. The van der Waals surface area contributed by atoms with Crippen molar-refractivity contribution in [3.8, 4) is 0 Å². The summed E-state index contributed by atoms with van der Waals surface area (Å²) >= 11 is 6.17. The molecule has 0 amide bonds. The first-order chi connectivity index (χ1) is 12.9. The zero-order valence-corrected chi connectivity index (χ0v) is 15.3. The molecule has 0 saturated carbocycles. The molecule has 27 heavy (non-hydrogen) atoms. The van der Waals surface area contributed by atoms with Crippen LogP contribution in [-0.2, 0) is 0 Å². The fourth-order valence-corrected chi connectivity index (χ4v) is 3.22. The van der Waals surface area contributed by atoms with Crippen LogP contribution < -0.4 is 10.9 Å². The number of benzene rings is 2. The Morgan fingerprint density at radius 1 is 1.19 bits per heavy atom. The van der Waals surface area contributed by atoms with Crippen LogP contribution in [0.4, 0.5) is 11.4 Å². The van der Waals surface area contributed by atoms with Crippen LogP contribution in [0.25, 0.3) is 11.0 Å². The number of carbonyl (C=O) groups is 1. The molecule has 0 atom stereocenters. The summed E-state index contributed by atoms with van der Waals surface area (Å²) in [7, 11) is 0. The summed E-state index contributed by atoms with van der Waals surface area (Å²) in [5.41, 5.74) is 0.0442. The SMILES string of the molecule is O=C(CSC(=S)Nc1cccc([N+](=O)[O-])c1)c1cc2ccccc2oc1=O. The molecule has 1 aromatic heterocycles. The van der Waals surface area contributed by atoms with E-state index in [1.165, 1.54) is 24.3 Å². The molecule has 3 rings (SSSR count). The maximum Gasteiger partial charge on any atom is 0.347 e. The number of nitrogens with zero attached hydrogens (tertiary/aromatic N) is 1. The molecule has 7 nitrogen and oxygen atoms in total. The van der Waals surface area contributed by atoms with Crippen molar-refractivity contribution in [2.75, 3.05) is 11.1 Å². The van der Waals surface area contributed by atoms with Crippen molar-refractivity contribution in [2.24, 2.45) is 0 Å². The fraction of sp³-hybridized carbons (Fsp3) is 0.0556. The van der Waals surface area contributed by atoms with E-state index in [9.17, 15) is 19.7 Å². The molecule has 136 valence electrons. The third kappa shape index (κ3) is 4.57. The molecule has 0 spiro atoms. The van der Waals surface area contributed by atoms with Gasteiger partial charge in [0.25, 0.3) is 5.69 Å². The Morgan fingerprint density at radius 2 is 1.96 bits per heavy atom. The van der Waals surface area contributed by atoms with Crippen LogP contribution in [0, 0.1) is 10.1 Å². The highest BCUT2D eigenvalue weighted by molar-refractivity contribution is 8.23. The molecule has 0 aliphatic heterocycles. The molecular formula is C18H12N2O5S2. The van der Waals surface area contributed by atoms with Crippen molar-refractivity contribution in [1.29, 1.82) is 0 Å². The van der Waals surface area contributed by atoms with E-state index in [0.717, 1.165) is 11.8 Å². The Bertz CT molecular complexity index is 1110. The first-order valence-electron chi connectivity index (χ1n) is 7.68. The number of nitrogens with one attached hydrogen (secondary N) is 1. The number of nitro benzene ring substituents is 1. The zero-order valence-electron chi connectivity index (χ0n) is 13.7. The second kappa shape index (κ2) is 8.11. The number of fused-ring (bicyclic) bond motifs is 1. The maximum absolute atomic E-state index is 12.4. The number of hydrogen-bond acceptors (Lipinski definition) is 7. The van der Waals surface area contributed by atoms with E-state index in [2.05, 4.69) is 5.32 Å². The van der Waals surface area contributed by atoms with E-state index in [-0.39, 0.29) is 21.3 Å². The second-order valence-corrected chi connectivity index (χ2v) is 7.07. The van der Waals surface area contributed by atoms with E-state index in [1.807, 2.05) is 0 Å². The summed E-state index contributed by atoms with van der Waals surface area (Å²) in [5.74, 6) is -0.480. The number of anilines is 1. The van der Waals surface area contributed by atoms with Gasteiger partial charge in [-0.25, -0.2) is 4.79 Å². The molecule has 0 bridgehead atoms. The van der Waals surface area contributed by atoms with E-state index >= 15 is 0 Å². The van der Waals surface area contributed by atoms with Gasteiger partial charge in [-0.3, -0.25) is 14.9 Å². The van der Waals surface area contributed by atoms with Gasteiger partial charge in [0.15, 0.2) is 5.78 Å². The molecule has 1 N–H and O–H groups in total. The lowest BCUT2D eigenvalue weighted by atomic mass is 10.1. The minimum absolute atomic E-state index is 0.0423. The van der Waals surface area contributed by atoms with Crippen LogP contribution in [0.3, 0.4) is 0 Å². The average molecular weight is 400 g/mol. The van der Waals surface area contributed by atoms with Crippen molar-refractivity contribution in [3.63, 3.8) is 0 Å². The molecule has 0 fully saturated rings. The van der Waals surface area contributed by atoms with Gasteiger partial charge in [0.2, 0.25) is 0 Å². The van der Waals surface area contributed by atoms with Gasteiger partial charge in [0.05, 0.1) is 10.7 Å². The molecule has 3 aromatic rings. The van der Waals surface area contributed by atoms with Gasteiger partial charge in [-0.05, 0) is 18.2 Å². The number of ketones is 1. The number of Topliss-reactive ketones (excluding diaryl/α,β-unsaturated/α-hetero) is 1. The Balaban J connectivity index is 1.66. The summed E-state index contributed by atoms with van der Waals surface area (Å²) in [6.45, 7) is 0. The lowest BCUT2D eigenvalue weighted by Crippen LogP contribution is -2.17. The second-order valence-electron chi connectivity index (χ2n) is 5.42. The van der Waals surface area contributed by atoms with Gasteiger partial charge in [-0.2, -0.15) is 0 Å². The maximum atomic E-state index is 12.4. The molecule has 0 radical (unpaired) electrons. The van der Waals surface area contributed by atoms with Gasteiger partial charge in [-0.15, -0.1) is 0 Å². The molecule has 0 saturated heterocycles. The standard InChI is InChI=1S/C18H12N2O5S2/c21-15(14-8-11-4-1-2-7-16(11)25-17(14)22)10-27-18(26)19-12-5-3-6-13(9-12)20(23)24/h1-9H,10H2,(H,19,26). The third-order valence-electron chi connectivity index (χ3n) is 3.58. The van der Waals surface area contributed by atoms with Crippen LogP contribution in [0.2, 0.25) is 0 Å². The van der Waals surface area contributed by atoms with Crippen LogP contribution >= 0.6 is 24.0 Å². The molecule has 0 unspecified atom stereocenters. The Hall–Kier alpha value is -3.04. The largest absolute Gasteiger partial charge is 0.422 e. The summed E-state index contributed by atoms with van der Waals surface area (Å²) in [6, 6.07) is 14.3. The van der Waals surface area contributed by atoms with Crippen molar-refractivity contribution >= 4 is 56.4 Å². The molecular weight excluding hydrogens is 388 g/mol. The Kier molecular flexibility index (Phi) is 5.63. The highest BCUT2D eigenvalue weighted by Gasteiger charge is 2.15. The van der Waals surface area contributed by atoms with Gasteiger partial charge >= 0.3 is 5.63 Å². The van der Waals surface area contributed by atoms with Crippen LogP contribution in [0.1, 0.15) is 10.4 Å². The van der Waals surface area contributed by atoms with Crippen LogP contribution in [0.5, 0.6) is 0 Å². The molecule has 0 aliphatic carbocycles. The van der Waals surface area contributed by atoms with Crippen molar-refractivity contribution in [2.45, 2.75) is 0 Å². The number of thioether (sulfide) groups is 1. The predicted octanol–water partition coefficient (Wildman–Crippen LogP) is 4.01. The van der Waals surface area contributed by atoms with E-state index < -0.39 is 16.3 Å². The summed E-state index contributed by atoms with van der Waals surface area (Å²) in [6.07, 6.45) is 0. The predicted molar refractivity (Wildman–Crippen MR) is 109 cm³/mol. The third-order valence-corrected chi connectivity index (χ3v) is 4.81. The zero-order chi connectivity index (χ0) is 19.4. The quantitative estimate of drug-likeness (QED) is 0.225. The monoisotopic (exact) mass is 400 g/mol. The van der Waals surface area contributed by atoms with Crippen LogP contribution in [0.15, 0.2) is 63.8 Å². The van der Waals surface area contributed by atoms with Crippen LogP contribution in [-0.4, -0.2) is 20.8 Å². The lowest BCUT2D eigenvalue weighted by Gasteiger charge is -2.07. The first-order valence-corrected chi connectivity index (χ1v) is 9.08. The lowest BCUT2D eigenvalue weighted by molar-refractivity contribution is -0.384. The normalized spacial score (nSPS) is 10.5. The summed E-state index contributed by atoms with van der Waals surface area (Å²) < 4.78 is 5.41. The highest BCUT2D eigenvalue weighted by Crippen LogP contribution is 2.19. The van der Waals surface area contributed by atoms with Gasteiger partial charge in [0, 0.05) is 23.2 Å². The fourth-order valence-electron chi connectivity index (χ4n) is 2.32. The van der Waals surface area contributed by atoms with Crippen molar-refractivity contribution < 1.29 is 14.1 Å². The highest BCUT2D eigenvalue weighted by atomic mass is 32.2. The van der Waals surface area contributed by atoms with Crippen molar-refractivity contribution in [3.05, 3.63) is 80.7 Å². The van der Waals surface area contributed by atoms with E-state index in [0.29, 0.717) is 16.7 Å². The summed E-state index contributed by atoms with van der Waals surface area (Å²) in [4.78, 5) is 34.6. The molecule has 9 heteroatoms. The smallest absolute Gasteiger partial charge is 0.347 e.